The molecule has 216 valence electrons. The average molecular weight is 545 g/mol. The summed E-state index contributed by atoms with van der Waals surface area (Å²) in [6.45, 7) is 13.9. The van der Waals surface area contributed by atoms with Crippen LogP contribution in [0.3, 0.4) is 0 Å². The van der Waals surface area contributed by atoms with Crippen molar-refractivity contribution in [2.75, 3.05) is 78.0 Å². The van der Waals surface area contributed by atoms with Gasteiger partial charge < -0.3 is 46.5 Å². The van der Waals surface area contributed by atoms with Crippen LogP contribution in [-0.2, 0) is 0 Å². The molecule has 2 aromatic rings. The van der Waals surface area contributed by atoms with Crippen molar-refractivity contribution < 1.29 is 24.2 Å². The lowest BCUT2D eigenvalue weighted by atomic mass is 9.94. The van der Waals surface area contributed by atoms with Gasteiger partial charge in [-0.3, -0.25) is 9.59 Å². The minimum atomic E-state index is -0.433. The minimum absolute atomic E-state index is 0.0312. The lowest BCUT2D eigenvalue weighted by molar-refractivity contribution is 0.0937. The molecule has 0 saturated heterocycles. The van der Waals surface area contributed by atoms with Gasteiger partial charge in [-0.1, -0.05) is 27.7 Å². The molecule has 0 bridgehead atoms. The van der Waals surface area contributed by atoms with Gasteiger partial charge in [0.15, 0.2) is 0 Å². The van der Waals surface area contributed by atoms with Crippen LogP contribution in [0.4, 0.5) is 11.4 Å². The number of anilines is 2. The summed E-state index contributed by atoms with van der Waals surface area (Å²) in [5.74, 6) is -0.677. The summed E-state index contributed by atoms with van der Waals surface area (Å²) in [6, 6.07) is 4.32. The largest absolute Gasteiger partial charge is 0.506 e. The Morgan fingerprint density at radius 3 is 1.79 bits per heavy atom. The maximum Gasteiger partial charge on any atom is 0.255 e. The van der Waals surface area contributed by atoms with Crippen molar-refractivity contribution >= 4 is 23.2 Å². The van der Waals surface area contributed by atoms with Crippen LogP contribution in [0.5, 0.6) is 17.2 Å². The van der Waals surface area contributed by atoms with E-state index in [0.717, 1.165) is 26.2 Å². The second-order valence-corrected chi connectivity index (χ2v) is 8.97. The van der Waals surface area contributed by atoms with E-state index in [9.17, 15) is 14.7 Å². The molecule has 11 heteroatoms. The predicted molar refractivity (Wildman–Crippen MR) is 156 cm³/mol. The highest BCUT2D eigenvalue weighted by Gasteiger charge is 2.26. The second kappa shape index (κ2) is 15.0. The minimum Gasteiger partial charge on any atom is -0.506 e. The summed E-state index contributed by atoms with van der Waals surface area (Å²) in [5.41, 5.74) is 13.7. The number of amides is 2. The fourth-order valence-electron chi connectivity index (χ4n) is 4.40. The van der Waals surface area contributed by atoms with Gasteiger partial charge in [0.25, 0.3) is 11.8 Å². The van der Waals surface area contributed by atoms with E-state index in [-0.39, 0.29) is 51.2 Å². The molecule has 2 amide bonds. The highest BCUT2D eigenvalue weighted by atomic mass is 16.5. The molecule has 0 unspecified atom stereocenters. The molecule has 0 aliphatic carbocycles. The summed E-state index contributed by atoms with van der Waals surface area (Å²) in [7, 11) is 2.85. The van der Waals surface area contributed by atoms with Gasteiger partial charge in [-0.05, 0) is 38.3 Å². The molecule has 2 aromatic carbocycles. The fraction of sp³-hybridized carbons (Fsp3) is 0.500. The number of benzene rings is 2. The smallest absolute Gasteiger partial charge is 0.255 e. The number of hydrogen-bond acceptors (Lipinski definition) is 9. The predicted octanol–water partition coefficient (Wildman–Crippen LogP) is 2.38. The van der Waals surface area contributed by atoms with Gasteiger partial charge in [-0.25, -0.2) is 0 Å². The molecule has 0 saturated carbocycles. The number of hydrogen-bond donors (Lipinski definition) is 5. The Kier molecular flexibility index (Phi) is 12.1. The van der Waals surface area contributed by atoms with Crippen LogP contribution in [0.1, 0.15) is 48.4 Å². The zero-order valence-electron chi connectivity index (χ0n) is 24.0. The molecule has 0 heterocycles. The SMILES string of the molecule is CCN(CC)CCNC(=O)c1cc(-c2c(N)c(O)cc(C(=O)NCCN(CC)CC)c2OC)c(N)cc1OC. The van der Waals surface area contributed by atoms with Crippen molar-refractivity contribution in [1.82, 2.24) is 20.4 Å². The number of aromatic hydroxyl groups is 1. The Labute approximate surface area is 231 Å². The van der Waals surface area contributed by atoms with E-state index in [1.54, 1.807) is 0 Å². The Morgan fingerprint density at radius 1 is 0.821 bits per heavy atom. The molecular formula is C28H44N6O5. The Balaban J connectivity index is 2.50. The average Bonchev–Trinajstić information content (AvgIpc) is 2.94. The van der Waals surface area contributed by atoms with Gasteiger partial charge in [0.05, 0.1) is 36.6 Å². The first kappa shape index (κ1) is 31.5. The highest BCUT2D eigenvalue weighted by Crippen LogP contribution is 2.46. The molecule has 0 atom stereocenters. The maximum absolute atomic E-state index is 13.2. The number of phenols is 1. The third-order valence-corrected chi connectivity index (χ3v) is 6.85. The topological polar surface area (TPSA) is 155 Å². The molecule has 0 fully saturated rings. The van der Waals surface area contributed by atoms with Crippen LogP contribution in [0.2, 0.25) is 0 Å². The van der Waals surface area contributed by atoms with E-state index in [4.69, 9.17) is 20.9 Å². The number of carbonyl (C=O) groups excluding carboxylic acids is 2. The van der Waals surface area contributed by atoms with Gasteiger partial charge in [0, 0.05) is 43.5 Å². The molecule has 0 aromatic heterocycles. The van der Waals surface area contributed by atoms with Gasteiger partial charge in [0.2, 0.25) is 0 Å². The Bertz CT molecular complexity index is 1130. The monoisotopic (exact) mass is 544 g/mol. The quantitative estimate of drug-likeness (QED) is 0.168. The van der Waals surface area contributed by atoms with E-state index >= 15 is 0 Å². The van der Waals surface area contributed by atoms with Crippen molar-refractivity contribution in [3.63, 3.8) is 0 Å². The highest BCUT2D eigenvalue weighted by molar-refractivity contribution is 6.06. The molecule has 7 N–H and O–H groups in total. The number of ether oxygens (including phenoxy) is 2. The third kappa shape index (κ3) is 7.67. The molecule has 11 nitrogen and oxygen atoms in total. The lowest BCUT2D eigenvalue weighted by Gasteiger charge is -2.21. The van der Waals surface area contributed by atoms with Crippen molar-refractivity contribution in [3.8, 4) is 28.4 Å². The third-order valence-electron chi connectivity index (χ3n) is 6.85. The summed E-state index contributed by atoms with van der Waals surface area (Å²) >= 11 is 0. The van der Waals surface area contributed by atoms with E-state index in [1.165, 1.54) is 32.4 Å². The number of rotatable bonds is 15. The molecule has 0 radical (unpaired) electrons. The number of phenolic OH excluding ortho intramolecular Hbond substituents is 1. The number of nitrogens with one attached hydrogen (secondary N) is 2. The van der Waals surface area contributed by atoms with Gasteiger partial charge in [-0.15, -0.1) is 0 Å². The molecule has 0 aliphatic heterocycles. The van der Waals surface area contributed by atoms with Crippen LogP contribution < -0.4 is 31.6 Å². The fourth-order valence-corrected chi connectivity index (χ4v) is 4.40. The van der Waals surface area contributed by atoms with Crippen LogP contribution in [0, 0.1) is 0 Å². The standard InChI is InChI=1S/C28H44N6O5/c1-7-33(8-2)13-11-31-27(36)19-15-18(21(29)17-23(19)38-5)24-25(30)22(35)16-20(26(24)39-6)28(37)32-12-14-34(9-3)10-4/h15-17,35H,7-14,29-30H2,1-6H3,(H,31,36)(H,32,37). The Morgan fingerprint density at radius 2 is 1.33 bits per heavy atom. The molecule has 2 rings (SSSR count). The first-order chi connectivity index (χ1) is 18.7. The van der Waals surface area contributed by atoms with Gasteiger partial charge >= 0.3 is 0 Å². The van der Waals surface area contributed by atoms with E-state index in [0.29, 0.717) is 31.7 Å². The van der Waals surface area contributed by atoms with E-state index in [2.05, 4.69) is 48.1 Å². The summed E-state index contributed by atoms with van der Waals surface area (Å²) in [4.78, 5) is 30.7. The lowest BCUT2D eigenvalue weighted by Crippen LogP contribution is -2.35. The Hall–Kier alpha value is -3.70. The zero-order valence-corrected chi connectivity index (χ0v) is 24.0. The molecule has 39 heavy (non-hydrogen) atoms. The summed E-state index contributed by atoms with van der Waals surface area (Å²) in [5, 5.41) is 16.5. The van der Waals surface area contributed by atoms with Gasteiger partial charge in [-0.2, -0.15) is 0 Å². The second-order valence-electron chi connectivity index (χ2n) is 8.97. The molecule has 0 aliphatic rings. The van der Waals surface area contributed by atoms with Crippen LogP contribution in [0.15, 0.2) is 18.2 Å². The first-order valence-electron chi connectivity index (χ1n) is 13.3. The van der Waals surface area contributed by atoms with Crippen molar-refractivity contribution in [2.45, 2.75) is 27.7 Å². The number of carbonyl (C=O) groups is 2. The van der Waals surface area contributed by atoms with E-state index < -0.39 is 5.91 Å². The van der Waals surface area contributed by atoms with Crippen molar-refractivity contribution in [2.24, 2.45) is 0 Å². The normalized spacial score (nSPS) is 11.1. The van der Waals surface area contributed by atoms with Gasteiger partial charge in [0.1, 0.15) is 17.2 Å². The number of nitrogens with zero attached hydrogens (tertiary/aromatic N) is 2. The molecular weight excluding hydrogens is 500 g/mol. The van der Waals surface area contributed by atoms with Crippen LogP contribution in [0.25, 0.3) is 11.1 Å². The molecule has 0 spiro atoms. The summed E-state index contributed by atoms with van der Waals surface area (Å²) in [6.07, 6.45) is 0. The number of nitrogens with two attached hydrogens (primary N) is 2. The van der Waals surface area contributed by atoms with Crippen LogP contribution >= 0.6 is 0 Å². The number of likely N-dealkylation sites (N-methyl/N-ethyl adjacent to an activating group) is 2. The zero-order chi connectivity index (χ0) is 29.1. The van der Waals surface area contributed by atoms with Crippen molar-refractivity contribution in [1.29, 1.82) is 0 Å². The number of nitrogen functional groups attached to an aromatic ring is 2. The number of methoxy groups -OCH3 is 2. The van der Waals surface area contributed by atoms with E-state index in [1.807, 2.05) is 0 Å². The van der Waals surface area contributed by atoms with Crippen molar-refractivity contribution in [3.05, 3.63) is 29.3 Å². The summed E-state index contributed by atoms with van der Waals surface area (Å²) < 4.78 is 11.1. The van der Waals surface area contributed by atoms with Crippen LogP contribution in [-0.4, -0.2) is 93.3 Å². The first-order valence-corrected chi connectivity index (χ1v) is 13.3. The maximum atomic E-state index is 13.2.